The molecule has 1 aliphatic rings. The van der Waals surface area contributed by atoms with Gasteiger partial charge >= 0.3 is 5.97 Å². The number of para-hydroxylation sites is 1. The molecule has 1 aliphatic heterocycles. The van der Waals surface area contributed by atoms with Crippen LogP contribution in [-0.4, -0.2) is 58.2 Å². The van der Waals surface area contributed by atoms with E-state index in [2.05, 4.69) is 0 Å². The second-order valence-electron chi connectivity index (χ2n) is 5.78. The number of piperidine rings is 1. The molecule has 1 heterocycles. The van der Waals surface area contributed by atoms with E-state index < -0.39 is 10.0 Å². The molecular weight excluding hydrogens is 332 g/mol. The number of rotatable bonds is 5. The van der Waals surface area contributed by atoms with Crippen LogP contribution in [0, 0.1) is 5.92 Å². The molecule has 0 aliphatic carbocycles. The monoisotopic (exact) mass is 354 g/mol. The molecule has 1 saturated heterocycles. The number of ether oxygens (including phenoxy) is 1. The van der Waals surface area contributed by atoms with Crippen LogP contribution in [0.5, 0.6) is 0 Å². The first kappa shape index (κ1) is 18.3. The number of benzene rings is 1. The smallest absolute Gasteiger partial charge is 0.308 e. The van der Waals surface area contributed by atoms with Crippen LogP contribution in [-0.2, 0) is 24.3 Å². The van der Waals surface area contributed by atoms with Crippen LogP contribution in [0.3, 0.4) is 0 Å². The third-order valence-electron chi connectivity index (χ3n) is 4.11. The number of anilines is 1. The minimum Gasteiger partial charge on any atom is -0.469 e. The lowest BCUT2D eigenvalue weighted by Gasteiger charge is -2.32. The topological polar surface area (TPSA) is 84.0 Å². The van der Waals surface area contributed by atoms with Crippen molar-refractivity contribution in [2.45, 2.75) is 12.8 Å². The van der Waals surface area contributed by atoms with E-state index in [0.717, 1.165) is 10.6 Å². The Bertz CT molecular complexity index is 682. The molecule has 0 saturated carbocycles. The van der Waals surface area contributed by atoms with Crippen molar-refractivity contribution in [2.75, 3.05) is 37.3 Å². The molecule has 2 rings (SSSR count). The largest absolute Gasteiger partial charge is 0.469 e. The minimum atomic E-state index is -3.57. The van der Waals surface area contributed by atoms with Crippen LogP contribution in [0.2, 0.25) is 0 Å². The van der Waals surface area contributed by atoms with Gasteiger partial charge in [0.2, 0.25) is 15.9 Å². The van der Waals surface area contributed by atoms with Crippen LogP contribution in [0.25, 0.3) is 0 Å². The highest BCUT2D eigenvalue weighted by Crippen LogP contribution is 2.20. The van der Waals surface area contributed by atoms with Crippen molar-refractivity contribution in [2.24, 2.45) is 5.92 Å². The third kappa shape index (κ3) is 4.47. The summed E-state index contributed by atoms with van der Waals surface area (Å²) >= 11 is 0. The quantitative estimate of drug-likeness (QED) is 0.733. The summed E-state index contributed by atoms with van der Waals surface area (Å²) in [5.41, 5.74) is 0.456. The van der Waals surface area contributed by atoms with E-state index in [1.165, 1.54) is 7.11 Å². The Morgan fingerprint density at radius 1 is 1.21 bits per heavy atom. The lowest BCUT2D eigenvalue weighted by molar-refractivity contribution is -0.148. The van der Waals surface area contributed by atoms with Crippen molar-refractivity contribution < 1.29 is 22.7 Å². The third-order valence-corrected chi connectivity index (χ3v) is 5.25. The van der Waals surface area contributed by atoms with E-state index in [-0.39, 0.29) is 24.3 Å². The van der Waals surface area contributed by atoms with Gasteiger partial charge in [0.1, 0.15) is 6.54 Å². The first-order chi connectivity index (χ1) is 11.3. The zero-order chi connectivity index (χ0) is 17.7. The van der Waals surface area contributed by atoms with Gasteiger partial charge in [0.15, 0.2) is 0 Å². The first-order valence-electron chi connectivity index (χ1n) is 7.71. The number of nitrogens with zero attached hydrogens (tertiary/aromatic N) is 2. The Labute approximate surface area is 142 Å². The summed E-state index contributed by atoms with van der Waals surface area (Å²) < 4.78 is 29.9. The summed E-state index contributed by atoms with van der Waals surface area (Å²) in [6.07, 6.45) is 2.14. The Kier molecular flexibility index (Phi) is 5.82. The van der Waals surface area contributed by atoms with Crippen molar-refractivity contribution in [3.8, 4) is 0 Å². The fraction of sp³-hybridized carbons (Fsp3) is 0.500. The van der Waals surface area contributed by atoms with E-state index in [0.29, 0.717) is 31.6 Å². The van der Waals surface area contributed by atoms with Crippen molar-refractivity contribution in [1.29, 1.82) is 0 Å². The number of likely N-dealkylation sites (tertiary alicyclic amines) is 1. The van der Waals surface area contributed by atoms with E-state index in [9.17, 15) is 18.0 Å². The van der Waals surface area contributed by atoms with E-state index in [1.807, 2.05) is 0 Å². The van der Waals surface area contributed by atoms with Crippen LogP contribution in [0.15, 0.2) is 30.3 Å². The highest BCUT2D eigenvalue weighted by atomic mass is 32.2. The van der Waals surface area contributed by atoms with Gasteiger partial charge in [-0.25, -0.2) is 8.42 Å². The molecule has 0 atom stereocenters. The molecule has 0 spiro atoms. The van der Waals surface area contributed by atoms with Gasteiger partial charge < -0.3 is 9.64 Å². The van der Waals surface area contributed by atoms with Crippen LogP contribution < -0.4 is 4.31 Å². The molecule has 8 heteroatoms. The zero-order valence-corrected chi connectivity index (χ0v) is 14.7. The molecule has 0 unspecified atom stereocenters. The summed E-state index contributed by atoms with van der Waals surface area (Å²) in [6.45, 7) is 0.599. The maximum atomic E-state index is 12.5. The van der Waals surface area contributed by atoms with Crippen LogP contribution >= 0.6 is 0 Å². The molecule has 1 fully saturated rings. The highest BCUT2D eigenvalue weighted by Gasteiger charge is 2.30. The highest BCUT2D eigenvalue weighted by molar-refractivity contribution is 7.92. The van der Waals surface area contributed by atoms with Crippen LogP contribution in [0.1, 0.15) is 12.8 Å². The van der Waals surface area contributed by atoms with Gasteiger partial charge in [-0.15, -0.1) is 0 Å². The lowest BCUT2D eigenvalue weighted by Crippen LogP contribution is -2.46. The number of sulfonamides is 1. The molecule has 0 radical (unpaired) electrons. The number of carbonyl (C=O) groups is 2. The Hall–Kier alpha value is -2.09. The van der Waals surface area contributed by atoms with E-state index >= 15 is 0 Å². The normalized spacial score (nSPS) is 15.8. The molecule has 0 bridgehead atoms. The first-order valence-corrected chi connectivity index (χ1v) is 9.56. The standard InChI is InChI=1S/C16H22N2O5S/c1-23-16(20)13-8-10-17(11-9-13)15(19)12-18(24(2,21)22)14-6-4-3-5-7-14/h3-7,13H,8-12H2,1-2H3. The average molecular weight is 354 g/mol. The van der Waals surface area contributed by atoms with Crippen molar-refractivity contribution in [3.05, 3.63) is 30.3 Å². The molecule has 7 nitrogen and oxygen atoms in total. The lowest BCUT2D eigenvalue weighted by atomic mass is 9.97. The number of hydrogen-bond donors (Lipinski definition) is 0. The van der Waals surface area contributed by atoms with Crippen molar-refractivity contribution in [1.82, 2.24) is 4.90 Å². The summed E-state index contributed by atoms with van der Waals surface area (Å²) in [5.74, 6) is -0.726. The predicted molar refractivity (Wildman–Crippen MR) is 90.0 cm³/mol. The fourth-order valence-corrected chi connectivity index (χ4v) is 3.60. The van der Waals surface area contributed by atoms with Gasteiger partial charge in [-0.3, -0.25) is 13.9 Å². The van der Waals surface area contributed by atoms with Gasteiger partial charge in [-0.2, -0.15) is 0 Å². The maximum absolute atomic E-state index is 12.5. The summed E-state index contributed by atoms with van der Waals surface area (Å²) in [5, 5.41) is 0. The summed E-state index contributed by atoms with van der Waals surface area (Å²) in [7, 11) is -2.22. The van der Waals surface area contributed by atoms with Crippen molar-refractivity contribution in [3.63, 3.8) is 0 Å². The fourth-order valence-electron chi connectivity index (χ4n) is 2.75. The summed E-state index contributed by atoms with van der Waals surface area (Å²) in [4.78, 5) is 25.6. The van der Waals surface area contributed by atoms with E-state index in [4.69, 9.17) is 4.74 Å². The SMILES string of the molecule is COC(=O)C1CCN(C(=O)CN(c2ccccc2)S(C)(=O)=O)CC1. The summed E-state index contributed by atoms with van der Waals surface area (Å²) in [6, 6.07) is 8.53. The molecular formula is C16H22N2O5S. The Balaban J connectivity index is 2.03. The molecule has 1 aromatic carbocycles. The second-order valence-corrected chi connectivity index (χ2v) is 7.69. The number of amides is 1. The van der Waals surface area contributed by atoms with Crippen LogP contribution in [0.4, 0.5) is 5.69 Å². The number of esters is 1. The van der Waals surface area contributed by atoms with Gasteiger partial charge in [0.25, 0.3) is 0 Å². The average Bonchev–Trinajstić information content (AvgIpc) is 2.58. The predicted octanol–water partition coefficient (Wildman–Crippen LogP) is 0.864. The molecule has 0 N–H and O–H groups in total. The number of hydrogen-bond acceptors (Lipinski definition) is 5. The molecule has 1 amide bonds. The van der Waals surface area contributed by atoms with Gasteiger partial charge in [-0.05, 0) is 25.0 Å². The van der Waals surface area contributed by atoms with Gasteiger partial charge in [0.05, 0.1) is 25.0 Å². The van der Waals surface area contributed by atoms with Gasteiger partial charge in [0, 0.05) is 13.1 Å². The molecule has 24 heavy (non-hydrogen) atoms. The van der Waals surface area contributed by atoms with E-state index in [1.54, 1.807) is 35.2 Å². The second kappa shape index (κ2) is 7.65. The number of carbonyl (C=O) groups excluding carboxylic acids is 2. The van der Waals surface area contributed by atoms with Crippen molar-refractivity contribution >= 4 is 27.6 Å². The Morgan fingerprint density at radius 2 is 1.79 bits per heavy atom. The maximum Gasteiger partial charge on any atom is 0.308 e. The molecule has 1 aromatic rings. The zero-order valence-electron chi connectivity index (χ0n) is 13.8. The molecule has 0 aromatic heterocycles. The minimum absolute atomic E-state index is 0.195. The number of methoxy groups -OCH3 is 1. The van der Waals surface area contributed by atoms with Gasteiger partial charge in [-0.1, -0.05) is 18.2 Å². The molecule has 132 valence electrons. The Morgan fingerprint density at radius 3 is 2.29 bits per heavy atom.